The van der Waals surface area contributed by atoms with Crippen LogP contribution in [0.25, 0.3) is 0 Å². The lowest BCUT2D eigenvalue weighted by Crippen LogP contribution is -2.22. The molecule has 1 aromatic heterocycles. The molecule has 0 spiro atoms. The molecule has 112 valence electrons. The maximum absolute atomic E-state index is 12.0. The number of nitrogens with two attached hydrogens (primary N) is 1. The zero-order chi connectivity index (χ0) is 15.5. The molecule has 0 unspecified atom stereocenters. The Labute approximate surface area is 124 Å². The van der Waals surface area contributed by atoms with Crippen LogP contribution in [0.2, 0.25) is 0 Å². The summed E-state index contributed by atoms with van der Waals surface area (Å²) < 4.78 is 25.1. The van der Waals surface area contributed by atoms with E-state index >= 15 is 0 Å². The molecule has 6 nitrogen and oxygen atoms in total. The summed E-state index contributed by atoms with van der Waals surface area (Å²) in [6, 6.07) is 10.8. The van der Waals surface area contributed by atoms with E-state index in [2.05, 4.69) is 10.3 Å². The molecule has 21 heavy (non-hydrogen) atoms. The maximum atomic E-state index is 12.0. The molecule has 0 saturated carbocycles. The summed E-state index contributed by atoms with van der Waals surface area (Å²) in [7, 11) is -0.486. The number of anilines is 2. The quantitative estimate of drug-likeness (QED) is 0.874. The summed E-state index contributed by atoms with van der Waals surface area (Å²) >= 11 is 0. The number of para-hydroxylation sites is 1. The number of nitrogens with zero attached hydrogens (tertiary/aromatic N) is 2. The first kappa shape index (κ1) is 15.4. The van der Waals surface area contributed by atoms with Crippen molar-refractivity contribution in [3.8, 4) is 0 Å². The van der Waals surface area contributed by atoms with Crippen molar-refractivity contribution in [3.63, 3.8) is 0 Å². The average Bonchev–Trinajstić information content (AvgIpc) is 2.48. The molecule has 0 aliphatic heterocycles. The molecule has 0 saturated heterocycles. The summed E-state index contributed by atoms with van der Waals surface area (Å²) in [6.45, 7) is 0.413. The molecule has 2 aromatic rings. The fourth-order valence-electron chi connectivity index (χ4n) is 1.78. The molecular weight excluding hydrogens is 288 g/mol. The van der Waals surface area contributed by atoms with Gasteiger partial charge in [0.05, 0.1) is 0 Å². The van der Waals surface area contributed by atoms with Crippen molar-refractivity contribution in [1.29, 1.82) is 0 Å². The standard InChI is InChI=1S/C14H18N4O2S/c1-18(2)21(19,20)12-7-8-14(16-10-12)17-13-6-4-3-5-11(13)9-15/h3-8,10H,9,15H2,1-2H3,(H,16,17). The van der Waals surface area contributed by atoms with E-state index in [9.17, 15) is 8.42 Å². The van der Waals surface area contributed by atoms with Crippen LogP contribution in [0.15, 0.2) is 47.5 Å². The molecule has 0 radical (unpaired) electrons. The van der Waals surface area contributed by atoms with Crippen LogP contribution >= 0.6 is 0 Å². The Balaban J connectivity index is 2.24. The Morgan fingerprint density at radius 3 is 2.48 bits per heavy atom. The van der Waals surface area contributed by atoms with Gasteiger partial charge < -0.3 is 11.1 Å². The van der Waals surface area contributed by atoms with Crippen LogP contribution in [0.4, 0.5) is 11.5 Å². The molecule has 7 heteroatoms. The number of benzene rings is 1. The molecule has 0 fully saturated rings. The number of nitrogens with one attached hydrogen (secondary N) is 1. The van der Waals surface area contributed by atoms with Crippen LogP contribution in [-0.4, -0.2) is 31.8 Å². The maximum Gasteiger partial charge on any atom is 0.244 e. The number of pyridine rings is 1. The Bertz CT molecular complexity index is 712. The first-order valence-electron chi connectivity index (χ1n) is 6.38. The smallest absolute Gasteiger partial charge is 0.244 e. The van der Waals surface area contributed by atoms with Gasteiger partial charge in [0, 0.05) is 32.5 Å². The van der Waals surface area contributed by atoms with Crippen molar-refractivity contribution in [3.05, 3.63) is 48.2 Å². The Morgan fingerprint density at radius 1 is 1.19 bits per heavy atom. The van der Waals surface area contributed by atoms with Crippen molar-refractivity contribution >= 4 is 21.5 Å². The summed E-state index contributed by atoms with van der Waals surface area (Å²) in [5.41, 5.74) is 7.49. The third kappa shape index (κ3) is 3.38. The minimum Gasteiger partial charge on any atom is -0.340 e. The molecular formula is C14H18N4O2S. The van der Waals surface area contributed by atoms with Crippen LogP contribution in [-0.2, 0) is 16.6 Å². The second-order valence-electron chi connectivity index (χ2n) is 4.65. The molecule has 0 amide bonds. The van der Waals surface area contributed by atoms with Gasteiger partial charge >= 0.3 is 0 Å². The predicted molar refractivity (Wildman–Crippen MR) is 82.7 cm³/mol. The highest BCUT2D eigenvalue weighted by atomic mass is 32.2. The first-order chi connectivity index (χ1) is 9.95. The third-order valence-electron chi connectivity index (χ3n) is 3.01. The van der Waals surface area contributed by atoms with Crippen LogP contribution in [0.1, 0.15) is 5.56 Å². The summed E-state index contributed by atoms with van der Waals surface area (Å²) in [5, 5.41) is 3.13. The van der Waals surface area contributed by atoms with E-state index in [1.165, 1.54) is 26.4 Å². The normalized spacial score (nSPS) is 11.6. The number of hydrogen-bond donors (Lipinski definition) is 2. The lowest BCUT2D eigenvalue weighted by Gasteiger charge is -2.12. The highest BCUT2D eigenvalue weighted by Crippen LogP contribution is 2.20. The van der Waals surface area contributed by atoms with E-state index in [1.807, 2.05) is 24.3 Å². The fraction of sp³-hybridized carbons (Fsp3) is 0.214. The van der Waals surface area contributed by atoms with Gasteiger partial charge in [-0.05, 0) is 23.8 Å². The highest BCUT2D eigenvalue weighted by molar-refractivity contribution is 7.89. The first-order valence-corrected chi connectivity index (χ1v) is 7.82. The summed E-state index contributed by atoms with van der Waals surface area (Å²) in [4.78, 5) is 4.30. The van der Waals surface area contributed by atoms with E-state index in [1.54, 1.807) is 6.07 Å². The molecule has 1 aromatic carbocycles. The second-order valence-corrected chi connectivity index (χ2v) is 6.80. The van der Waals surface area contributed by atoms with Gasteiger partial charge in [0.1, 0.15) is 10.7 Å². The molecule has 0 bridgehead atoms. The number of sulfonamides is 1. The monoisotopic (exact) mass is 306 g/mol. The van der Waals surface area contributed by atoms with Crippen LogP contribution in [0.5, 0.6) is 0 Å². The van der Waals surface area contributed by atoms with Crippen molar-refractivity contribution < 1.29 is 8.42 Å². The van der Waals surface area contributed by atoms with Crippen LogP contribution in [0, 0.1) is 0 Å². The van der Waals surface area contributed by atoms with Gasteiger partial charge in [-0.15, -0.1) is 0 Å². The summed E-state index contributed by atoms with van der Waals surface area (Å²) in [5.74, 6) is 0.564. The average molecular weight is 306 g/mol. The van der Waals surface area contributed by atoms with Crippen molar-refractivity contribution in [2.45, 2.75) is 11.4 Å². The number of rotatable bonds is 5. The topological polar surface area (TPSA) is 88.3 Å². The Hall–Kier alpha value is -1.96. The molecule has 0 atom stereocenters. The zero-order valence-corrected chi connectivity index (χ0v) is 12.8. The SMILES string of the molecule is CN(C)S(=O)(=O)c1ccc(Nc2ccccc2CN)nc1. The van der Waals surface area contributed by atoms with Gasteiger partial charge in [-0.3, -0.25) is 0 Å². The Kier molecular flexibility index (Phi) is 4.56. The Morgan fingerprint density at radius 2 is 1.90 bits per heavy atom. The van der Waals surface area contributed by atoms with Gasteiger partial charge in [-0.1, -0.05) is 18.2 Å². The van der Waals surface area contributed by atoms with Crippen molar-refractivity contribution in [2.75, 3.05) is 19.4 Å². The minimum absolute atomic E-state index is 0.158. The highest BCUT2D eigenvalue weighted by Gasteiger charge is 2.17. The van der Waals surface area contributed by atoms with Crippen molar-refractivity contribution in [2.24, 2.45) is 5.73 Å². The van der Waals surface area contributed by atoms with Crippen molar-refractivity contribution in [1.82, 2.24) is 9.29 Å². The molecule has 3 N–H and O–H groups in total. The molecule has 1 heterocycles. The van der Waals surface area contributed by atoms with E-state index in [0.29, 0.717) is 12.4 Å². The lowest BCUT2D eigenvalue weighted by atomic mass is 10.2. The van der Waals surface area contributed by atoms with Crippen LogP contribution in [0.3, 0.4) is 0 Å². The summed E-state index contributed by atoms with van der Waals surface area (Å²) in [6.07, 6.45) is 1.34. The zero-order valence-electron chi connectivity index (χ0n) is 11.9. The van der Waals surface area contributed by atoms with E-state index in [4.69, 9.17) is 5.73 Å². The van der Waals surface area contributed by atoms with Gasteiger partial charge in [0.2, 0.25) is 10.0 Å². The van der Waals surface area contributed by atoms with Crippen LogP contribution < -0.4 is 11.1 Å². The van der Waals surface area contributed by atoms with E-state index in [0.717, 1.165) is 15.6 Å². The van der Waals surface area contributed by atoms with Gasteiger partial charge in [-0.25, -0.2) is 17.7 Å². The number of hydrogen-bond acceptors (Lipinski definition) is 5. The fourth-order valence-corrected chi connectivity index (χ4v) is 2.62. The lowest BCUT2D eigenvalue weighted by molar-refractivity contribution is 0.520. The van der Waals surface area contributed by atoms with E-state index < -0.39 is 10.0 Å². The van der Waals surface area contributed by atoms with Gasteiger partial charge in [-0.2, -0.15) is 0 Å². The number of aromatic nitrogens is 1. The van der Waals surface area contributed by atoms with E-state index in [-0.39, 0.29) is 4.90 Å². The molecule has 0 aliphatic rings. The van der Waals surface area contributed by atoms with Gasteiger partial charge in [0.15, 0.2) is 0 Å². The van der Waals surface area contributed by atoms with Gasteiger partial charge in [0.25, 0.3) is 0 Å². The second kappa shape index (κ2) is 6.21. The molecule has 0 aliphatic carbocycles. The third-order valence-corrected chi connectivity index (χ3v) is 4.81. The molecule has 2 rings (SSSR count). The minimum atomic E-state index is -3.46. The predicted octanol–water partition coefficient (Wildman–Crippen LogP) is 1.53. The largest absolute Gasteiger partial charge is 0.340 e.